The predicted octanol–water partition coefficient (Wildman–Crippen LogP) is 4.75. The number of carbonyl (C=O) groups is 1. The number of aromatic nitrogens is 1. The van der Waals surface area contributed by atoms with Crippen LogP contribution in [0.3, 0.4) is 0 Å². The van der Waals surface area contributed by atoms with Crippen molar-refractivity contribution in [2.75, 3.05) is 10.5 Å². The smallest absolute Gasteiger partial charge is 0.408 e. The van der Waals surface area contributed by atoms with Crippen molar-refractivity contribution >= 4 is 40.1 Å². The van der Waals surface area contributed by atoms with Crippen molar-refractivity contribution in [3.05, 3.63) is 64.5 Å². The molecule has 2 aromatic carbocycles. The molecule has 0 saturated carbocycles. The molecule has 1 aromatic heterocycles. The van der Waals surface area contributed by atoms with Gasteiger partial charge in [-0.15, -0.1) is 11.3 Å². The van der Waals surface area contributed by atoms with Crippen LogP contribution in [0.4, 0.5) is 16.2 Å². The monoisotopic (exact) mass is 474 g/mol. The van der Waals surface area contributed by atoms with Gasteiger partial charge >= 0.3 is 6.09 Å². The summed E-state index contributed by atoms with van der Waals surface area (Å²) in [4.78, 5) is 17.2. The maximum atomic E-state index is 12.5. The molecule has 5 N–H and O–H groups in total. The largest absolute Gasteiger partial charge is 0.444 e. The summed E-state index contributed by atoms with van der Waals surface area (Å²) in [5, 5.41) is 5.58. The molecule has 3 aromatic rings. The fourth-order valence-corrected chi connectivity index (χ4v) is 4.19. The standard InChI is InChI=1S/C22H26N4O4S2/c1-22(2,3)30-21(27)25-18(11-14-7-9-17(10-8-14)26-32(28)29)20-24-19(13-31-20)15-5-4-6-16(23)12-15/h4-10,12-13,18,26H,11,23H2,1-3H3,(H,25,27)(H,28,29)/t18-/m0/s1. The number of carbonyl (C=O) groups excluding carboxylic acids is 1. The number of nitrogens with one attached hydrogen (secondary N) is 2. The van der Waals surface area contributed by atoms with Gasteiger partial charge in [0.25, 0.3) is 11.3 Å². The van der Waals surface area contributed by atoms with Gasteiger partial charge in [-0.05, 0) is 57.0 Å². The lowest BCUT2D eigenvalue weighted by atomic mass is 10.1. The number of nitrogens with two attached hydrogens (primary N) is 1. The molecule has 1 amide bonds. The molecule has 0 aliphatic heterocycles. The van der Waals surface area contributed by atoms with Crippen molar-refractivity contribution in [2.45, 2.75) is 38.8 Å². The third-order valence-corrected chi connectivity index (χ3v) is 5.66. The molecule has 32 heavy (non-hydrogen) atoms. The zero-order chi connectivity index (χ0) is 23.3. The average Bonchev–Trinajstić information content (AvgIpc) is 3.17. The number of alkyl carbamates (subject to hydrolysis) is 1. The second kappa shape index (κ2) is 10.1. The number of anilines is 2. The van der Waals surface area contributed by atoms with Gasteiger partial charge in [0.05, 0.1) is 11.7 Å². The zero-order valence-electron chi connectivity index (χ0n) is 18.0. The molecule has 1 heterocycles. The SMILES string of the molecule is CC(C)(C)OC(=O)N[C@@H](Cc1ccc(NS(=O)O)cc1)c1nc(-c2cccc(N)c2)cs1. The highest BCUT2D eigenvalue weighted by Crippen LogP contribution is 2.29. The van der Waals surface area contributed by atoms with Gasteiger partial charge in [0, 0.05) is 22.3 Å². The first-order valence-electron chi connectivity index (χ1n) is 9.86. The van der Waals surface area contributed by atoms with Crippen LogP contribution in [0.15, 0.2) is 53.9 Å². The Morgan fingerprint density at radius 1 is 1.25 bits per heavy atom. The van der Waals surface area contributed by atoms with Gasteiger partial charge in [0.15, 0.2) is 0 Å². The molecule has 0 radical (unpaired) electrons. The van der Waals surface area contributed by atoms with E-state index in [1.807, 2.05) is 41.8 Å². The molecule has 170 valence electrons. The van der Waals surface area contributed by atoms with Crippen molar-refractivity contribution in [1.82, 2.24) is 10.3 Å². The summed E-state index contributed by atoms with van der Waals surface area (Å²) < 4.78 is 27.7. The van der Waals surface area contributed by atoms with E-state index >= 15 is 0 Å². The molecule has 3 rings (SSSR count). The maximum absolute atomic E-state index is 12.5. The summed E-state index contributed by atoms with van der Waals surface area (Å²) in [5.74, 6) is 0. The van der Waals surface area contributed by atoms with Crippen LogP contribution in [0, 0.1) is 0 Å². The van der Waals surface area contributed by atoms with E-state index in [2.05, 4.69) is 10.0 Å². The molecule has 0 aliphatic rings. The molecule has 0 fully saturated rings. The zero-order valence-corrected chi connectivity index (χ0v) is 19.6. The summed E-state index contributed by atoms with van der Waals surface area (Å²) in [6.07, 6.45) is -0.0665. The van der Waals surface area contributed by atoms with Gasteiger partial charge in [-0.3, -0.25) is 9.27 Å². The molecule has 0 saturated heterocycles. The highest BCUT2D eigenvalue weighted by atomic mass is 32.2. The molecule has 0 aliphatic carbocycles. The van der Waals surface area contributed by atoms with Crippen LogP contribution < -0.4 is 15.8 Å². The van der Waals surface area contributed by atoms with Gasteiger partial charge in [-0.25, -0.2) is 14.0 Å². The van der Waals surface area contributed by atoms with Gasteiger partial charge in [0.2, 0.25) is 0 Å². The van der Waals surface area contributed by atoms with E-state index in [0.29, 0.717) is 17.8 Å². The maximum Gasteiger partial charge on any atom is 0.408 e. The predicted molar refractivity (Wildman–Crippen MR) is 129 cm³/mol. The van der Waals surface area contributed by atoms with E-state index in [4.69, 9.17) is 20.0 Å². The van der Waals surface area contributed by atoms with E-state index in [1.165, 1.54) is 11.3 Å². The van der Waals surface area contributed by atoms with Crippen LogP contribution in [0.2, 0.25) is 0 Å². The Morgan fingerprint density at radius 2 is 1.97 bits per heavy atom. The number of rotatable bonds is 7. The molecule has 2 atom stereocenters. The van der Waals surface area contributed by atoms with Crippen LogP contribution in [0.25, 0.3) is 11.3 Å². The lowest BCUT2D eigenvalue weighted by Crippen LogP contribution is -2.35. The lowest BCUT2D eigenvalue weighted by molar-refractivity contribution is 0.0503. The highest BCUT2D eigenvalue weighted by molar-refractivity contribution is 7.80. The van der Waals surface area contributed by atoms with E-state index < -0.39 is 29.0 Å². The van der Waals surface area contributed by atoms with E-state index in [0.717, 1.165) is 21.8 Å². The molecule has 0 bridgehead atoms. The van der Waals surface area contributed by atoms with Crippen molar-refractivity contribution < 1.29 is 18.3 Å². The molecular formula is C22H26N4O4S2. The minimum atomic E-state index is -2.14. The second-order valence-corrected chi connectivity index (χ2v) is 9.74. The number of hydrogen-bond acceptors (Lipinski definition) is 6. The molecular weight excluding hydrogens is 448 g/mol. The van der Waals surface area contributed by atoms with Crippen LogP contribution >= 0.6 is 11.3 Å². The van der Waals surface area contributed by atoms with Gasteiger partial charge in [-0.2, -0.15) is 0 Å². The highest BCUT2D eigenvalue weighted by Gasteiger charge is 2.23. The molecule has 0 spiro atoms. The molecule has 10 heteroatoms. The molecule has 1 unspecified atom stereocenters. The number of amides is 1. The number of thiazole rings is 1. The Morgan fingerprint density at radius 3 is 2.59 bits per heavy atom. The number of benzene rings is 2. The van der Waals surface area contributed by atoms with E-state index in [-0.39, 0.29) is 0 Å². The summed E-state index contributed by atoms with van der Waals surface area (Å²) in [5.41, 5.74) is 9.03. The first-order chi connectivity index (χ1) is 15.1. The Bertz CT molecular complexity index is 1090. The number of nitrogen functional groups attached to an aromatic ring is 1. The Labute approximate surface area is 193 Å². The normalized spacial score (nSPS) is 13.2. The van der Waals surface area contributed by atoms with Crippen LogP contribution in [0.5, 0.6) is 0 Å². The minimum absolute atomic E-state index is 0.421. The quantitative estimate of drug-likeness (QED) is 0.289. The number of nitrogens with zero attached hydrogens (tertiary/aromatic N) is 1. The van der Waals surface area contributed by atoms with Gasteiger partial charge < -0.3 is 15.8 Å². The van der Waals surface area contributed by atoms with Gasteiger partial charge in [-0.1, -0.05) is 24.3 Å². The van der Waals surface area contributed by atoms with E-state index in [9.17, 15) is 9.00 Å². The average molecular weight is 475 g/mol. The minimum Gasteiger partial charge on any atom is -0.444 e. The first kappa shape index (κ1) is 23.7. The third-order valence-electron chi connectivity index (χ3n) is 4.29. The Hall–Kier alpha value is -2.95. The first-order valence-corrected chi connectivity index (χ1v) is 11.8. The topological polar surface area (TPSA) is 127 Å². The summed E-state index contributed by atoms with van der Waals surface area (Å²) in [6.45, 7) is 5.42. The third kappa shape index (κ3) is 7.04. The fourth-order valence-electron chi connectivity index (χ4n) is 2.97. The van der Waals surface area contributed by atoms with Crippen LogP contribution in [0.1, 0.15) is 37.4 Å². The Balaban J connectivity index is 1.84. The van der Waals surface area contributed by atoms with Gasteiger partial charge in [0.1, 0.15) is 10.6 Å². The van der Waals surface area contributed by atoms with E-state index in [1.54, 1.807) is 32.9 Å². The van der Waals surface area contributed by atoms with Crippen molar-refractivity contribution in [2.24, 2.45) is 0 Å². The molecule has 8 nitrogen and oxygen atoms in total. The number of ether oxygens (including phenoxy) is 1. The Kier molecular flexibility index (Phi) is 7.49. The summed E-state index contributed by atoms with van der Waals surface area (Å²) in [6, 6.07) is 14.1. The van der Waals surface area contributed by atoms with Crippen molar-refractivity contribution in [1.29, 1.82) is 0 Å². The second-order valence-electron chi connectivity index (χ2n) is 8.15. The number of hydrogen-bond donors (Lipinski definition) is 4. The van der Waals surface area contributed by atoms with Crippen LogP contribution in [-0.4, -0.2) is 25.4 Å². The summed E-state index contributed by atoms with van der Waals surface area (Å²) >= 11 is -0.698. The summed E-state index contributed by atoms with van der Waals surface area (Å²) in [7, 11) is 0. The fraction of sp³-hybridized carbons (Fsp3) is 0.273. The lowest BCUT2D eigenvalue weighted by Gasteiger charge is -2.23. The van der Waals surface area contributed by atoms with Crippen LogP contribution in [-0.2, 0) is 22.4 Å². The van der Waals surface area contributed by atoms with Crippen molar-refractivity contribution in [3.8, 4) is 11.3 Å². The van der Waals surface area contributed by atoms with Crippen molar-refractivity contribution in [3.63, 3.8) is 0 Å².